The van der Waals surface area contributed by atoms with Crippen LogP contribution in [0.4, 0.5) is 0 Å². The molecule has 1 aliphatic heterocycles. The van der Waals surface area contributed by atoms with Crippen molar-refractivity contribution < 1.29 is 4.79 Å². The SMILES string of the molecule is C[C@@H](c1ccccc1)N1CC(N=O)C2(CCC2)C1=O. The number of rotatable bonds is 3. The van der Waals surface area contributed by atoms with Crippen LogP contribution in [0.3, 0.4) is 0 Å². The first-order valence-corrected chi connectivity index (χ1v) is 6.87. The molecule has 0 N–H and O–H groups in total. The van der Waals surface area contributed by atoms with Crippen molar-refractivity contribution in [2.75, 3.05) is 6.54 Å². The Hall–Kier alpha value is -1.71. The highest BCUT2D eigenvalue weighted by Gasteiger charge is 2.59. The summed E-state index contributed by atoms with van der Waals surface area (Å²) in [6.45, 7) is 2.49. The molecule has 1 saturated heterocycles. The summed E-state index contributed by atoms with van der Waals surface area (Å²) in [6, 6.07) is 9.60. The lowest BCUT2D eigenvalue weighted by Gasteiger charge is -2.38. The van der Waals surface area contributed by atoms with Crippen molar-refractivity contribution in [1.82, 2.24) is 4.90 Å². The zero-order chi connectivity index (χ0) is 13.5. The molecule has 0 radical (unpaired) electrons. The highest BCUT2D eigenvalue weighted by molar-refractivity contribution is 5.87. The van der Waals surface area contributed by atoms with Gasteiger partial charge in [0.05, 0.1) is 11.5 Å². The molecule has 1 saturated carbocycles. The second-order valence-electron chi connectivity index (χ2n) is 5.68. The van der Waals surface area contributed by atoms with Crippen molar-refractivity contribution in [2.24, 2.45) is 10.6 Å². The van der Waals surface area contributed by atoms with E-state index in [1.54, 1.807) is 0 Å². The Balaban J connectivity index is 1.87. The molecular formula is C15H18N2O2. The minimum absolute atomic E-state index is 0.0120. The fraction of sp³-hybridized carbons (Fsp3) is 0.533. The molecule has 19 heavy (non-hydrogen) atoms. The van der Waals surface area contributed by atoms with Crippen LogP contribution in [0.2, 0.25) is 0 Å². The van der Waals surface area contributed by atoms with Crippen molar-refractivity contribution >= 4 is 5.91 Å². The van der Waals surface area contributed by atoms with Gasteiger partial charge in [-0.1, -0.05) is 41.9 Å². The van der Waals surface area contributed by atoms with E-state index in [2.05, 4.69) is 5.18 Å². The lowest BCUT2D eigenvalue weighted by Crippen LogP contribution is -2.44. The van der Waals surface area contributed by atoms with Crippen LogP contribution in [0.25, 0.3) is 0 Å². The summed E-state index contributed by atoms with van der Waals surface area (Å²) in [4.78, 5) is 25.5. The molecule has 4 heteroatoms. The fourth-order valence-electron chi connectivity index (χ4n) is 3.36. The van der Waals surface area contributed by atoms with Gasteiger partial charge in [-0.05, 0) is 25.3 Å². The summed E-state index contributed by atoms with van der Waals surface area (Å²) in [5, 5.41) is 3.23. The molecule has 1 spiro atoms. The molecule has 2 fully saturated rings. The Bertz CT molecular complexity index is 496. The van der Waals surface area contributed by atoms with Gasteiger partial charge in [0.25, 0.3) is 0 Å². The Morgan fingerprint density at radius 1 is 1.32 bits per heavy atom. The van der Waals surface area contributed by atoms with Crippen molar-refractivity contribution in [1.29, 1.82) is 0 Å². The Kier molecular flexibility index (Phi) is 2.88. The smallest absolute Gasteiger partial charge is 0.231 e. The molecule has 0 aromatic heterocycles. The van der Waals surface area contributed by atoms with Gasteiger partial charge in [0.1, 0.15) is 6.04 Å². The van der Waals surface area contributed by atoms with Crippen LogP contribution in [-0.2, 0) is 4.79 Å². The lowest BCUT2D eigenvalue weighted by molar-refractivity contribution is -0.142. The number of hydrogen-bond acceptors (Lipinski definition) is 3. The Morgan fingerprint density at radius 2 is 2.00 bits per heavy atom. The lowest BCUT2D eigenvalue weighted by atomic mass is 9.65. The van der Waals surface area contributed by atoms with E-state index in [4.69, 9.17) is 0 Å². The zero-order valence-corrected chi connectivity index (χ0v) is 11.1. The molecular weight excluding hydrogens is 240 g/mol. The number of carbonyl (C=O) groups excluding carboxylic acids is 1. The van der Waals surface area contributed by atoms with E-state index in [1.807, 2.05) is 42.2 Å². The Morgan fingerprint density at radius 3 is 2.47 bits per heavy atom. The van der Waals surface area contributed by atoms with Gasteiger partial charge in [-0.3, -0.25) is 4.79 Å². The van der Waals surface area contributed by atoms with Crippen LogP contribution in [0.5, 0.6) is 0 Å². The van der Waals surface area contributed by atoms with E-state index in [1.165, 1.54) is 0 Å². The normalized spacial score (nSPS) is 26.3. The average Bonchev–Trinajstić information content (AvgIpc) is 2.71. The summed E-state index contributed by atoms with van der Waals surface area (Å²) in [7, 11) is 0. The van der Waals surface area contributed by atoms with Gasteiger partial charge in [0.2, 0.25) is 5.91 Å². The highest BCUT2D eigenvalue weighted by atomic mass is 16.3. The number of carbonyl (C=O) groups is 1. The summed E-state index contributed by atoms with van der Waals surface area (Å²) in [6.07, 6.45) is 2.67. The van der Waals surface area contributed by atoms with E-state index < -0.39 is 5.41 Å². The predicted molar refractivity (Wildman–Crippen MR) is 72.4 cm³/mol. The van der Waals surface area contributed by atoms with Crippen LogP contribution in [0, 0.1) is 10.3 Å². The van der Waals surface area contributed by atoms with Crippen LogP contribution in [0.1, 0.15) is 37.8 Å². The largest absolute Gasteiger partial charge is 0.333 e. The van der Waals surface area contributed by atoms with E-state index in [-0.39, 0.29) is 18.0 Å². The van der Waals surface area contributed by atoms with Crippen LogP contribution in [-0.4, -0.2) is 23.4 Å². The molecule has 3 rings (SSSR count). The van der Waals surface area contributed by atoms with Gasteiger partial charge in [-0.25, -0.2) is 0 Å². The van der Waals surface area contributed by atoms with E-state index in [0.29, 0.717) is 6.54 Å². The third-order valence-corrected chi connectivity index (χ3v) is 4.82. The predicted octanol–water partition coefficient (Wildman–Crippen LogP) is 2.90. The van der Waals surface area contributed by atoms with Gasteiger partial charge in [0, 0.05) is 6.54 Å². The van der Waals surface area contributed by atoms with E-state index in [0.717, 1.165) is 24.8 Å². The fourth-order valence-corrected chi connectivity index (χ4v) is 3.36. The third kappa shape index (κ3) is 1.70. The number of benzene rings is 1. The zero-order valence-electron chi connectivity index (χ0n) is 11.1. The minimum Gasteiger partial charge on any atom is -0.333 e. The van der Waals surface area contributed by atoms with Crippen molar-refractivity contribution in [2.45, 2.75) is 38.3 Å². The minimum atomic E-state index is -0.467. The van der Waals surface area contributed by atoms with Gasteiger partial charge in [0.15, 0.2) is 0 Å². The van der Waals surface area contributed by atoms with Gasteiger partial charge < -0.3 is 4.90 Å². The maximum absolute atomic E-state index is 12.6. The standard InChI is InChI=1S/C15H18N2O2/c1-11(12-6-3-2-4-7-12)17-10-13(16-19)15(14(17)18)8-5-9-15/h2-4,6-7,11,13H,5,8-10H2,1H3/t11-,13?/m0/s1. The Labute approximate surface area is 112 Å². The molecule has 2 atom stereocenters. The number of hydrogen-bond donors (Lipinski definition) is 0. The molecule has 100 valence electrons. The third-order valence-electron chi connectivity index (χ3n) is 4.82. The molecule has 4 nitrogen and oxygen atoms in total. The number of nitrogens with zero attached hydrogens (tertiary/aromatic N) is 2. The number of likely N-dealkylation sites (tertiary alicyclic amines) is 1. The van der Waals surface area contributed by atoms with Crippen molar-refractivity contribution in [3.63, 3.8) is 0 Å². The first kappa shape index (κ1) is 12.3. The second-order valence-corrected chi connectivity index (χ2v) is 5.68. The molecule has 1 unspecified atom stereocenters. The molecule has 1 heterocycles. The van der Waals surface area contributed by atoms with Crippen molar-refractivity contribution in [3.05, 3.63) is 40.8 Å². The molecule has 1 aromatic carbocycles. The van der Waals surface area contributed by atoms with E-state index in [9.17, 15) is 9.70 Å². The van der Waals surface area contributed by atoms with Gasteiger partial charge in [-0.2, -0.15) is 4.91 Å². The van der Waals surface area contributed by atoms with E-state index >= 15 is 0 Å². The second kappa shape index (κ2) is 4.44. The highest BCUT2D eigenvalue weighted by Crippen LogP contribution is 2.51. The first-order valence-electron chi connectivity index (χ1n) is 6.87. The molecule has 1 aliphatic carbocycles. The average molecular weight is 258 g/mol. The van der Waals surface area contributed by atoms with Gasteiger partial charge >= 0.3 is 0 Å². The van der Waals surface area contributed by atoms with Crippen LogP contribution < -0.4 is 0 Å². The molecule has 1 aromatic rings. The summed E-state index contributed by atoms with van der Waals surface area (Å²) in [5.41, 5.74) is 0.641. The summed E-state index contributed by atoms with van der Waals surface area (Å²) < 4.78 is 0. The maximum Gasteiger partial charge on any atom is 0.231 e. The summed E-state index contributed by atoms with van der Waals surface area (Å²) >= 11 is 0. The molecule has 1 amide bonds. The molecule has 2 aliphatic rings. The van der Waals surface area contributed by atoms with Gasteiger partial charge in [-0.15, -0.1) is 0 Å². The number of nitroso groups, excluding NO2 is 1. The topological polar surface area (TPSA) is 49.7 Å². The number of amides is 1. The first-order chi connectivity index (χ1) is 9.19. The quantitative estimate of drug-likeness (QED) is 0.783. The maximum atomic E-state index is 12.6. The van der Waals surface area contributed by atoms with Crippen LogP contribution >= 0.6 is 0 Å². The van der Waals surface area contributed by atoms with Crippen molar-refractivity contribution in [3.8, 4) is 0 Å². The monoisotopic (exact) mass is 258 g/mol. The van der Waals surface area contributed by atoms with Crippen LogP contribution in [0.15, 0.2) is 35.5 Å². The summed E-state index contributed by atoms with van der Waals surface area (Å²) in [5.74, 6) is 0.125. The molecule has 0 bridgehead atoms.